The van der Waals surface area contributed by atoms with Gasteiger partial charge in [-0.3, -0.25) is 0 Å². The van der Waals surface area contributed by atoms with E-state index in [0.29, 0.717) is 41.0 Å². The predicted octanol–water partition coefficient (Wildman–Crippen LogP) is 10.7. The quantitative estimate of drug-likeness (QED) is 0.153. The maximum Gasteiger partial charge on any atom is 0.416 e. The maximum absolute atomic E-state index is 13.1. The van der Waals surface area contributed by atoms with Gasteiger partial charge in [-0.25, -0.2) is 4.79 Å². The van der Waals surface area contributed by atoms with Gasteiger partial charge >= 0.3 is 18.3 Å². The molecule has 1 aliphatic rings. The Balaban J connectivity index is 1.39. The molecule has 3 aromatic carbocycles. The van der Waals surface area contributed by atoms with E-state index in [1.807, 2.05) is 24.3 Å². The van der Waals surface area contributed by atoms with Crippen molar-refractivity contribution in [2.45, 2.75) is 58.5 Å². The van der Waals surface area contributed by atoms with E-state index in [0.717, 1.165) is 30.4 Å². The molecule has 0 amide bonds. The van der Waals surface area contributed by atoms with E-state index in [9.17, 15) is 31.1 Å². The number of benzene rings is 3. The van der Waals surface area contributed by atoms with Gasteiger partial charge in [0.1, 0.15) is 6.10 Å². The third kappa shape index (κ3) is 8.85. The van der Waals surface area contributed by atoms with E-state index < -0.39 is 23.5 Å². The highest BCUT2D eigenvalue weighted by Crippen LogP contribution is 2.37. The number of alkyl halides is 6. The molecule has 8 heteroatoms. The Kier molecular flexibility index (Phi) is 9.88. The minimum Gasteiger partial charge on any atom is -0.458 e. The summed E-state index contributed by atoms with van der Waals surface area (Å²) in [5.74, 6) is 1.03. The van der Waals surface area contributed by atoms with Crippen molar-refractivity contribution in [1.29, 1.82) is 0 Å². The summed E-state index contributed by atoms with van der Waals surface area (Å²) in [7, 11) is 0. The summed E-state index contributed by atoms with van der Waals surface area (Å²) in [6, 6.07) is 15.6. The molecule has 0 bridgehead atoms. The van der Waals surface area contributed by atoms with Crippen LogP contribution in [0.25, 0.3) is 24.3 Å². The average molecular weight is 601 g/mol. The second-order valence-corrected chi connectivity index (χ2v) is 11.6. The Bertz CT molecular complexity index is 1420. The Hall–Kier alpha value is -3.81. The lowest BCUT2D eigenvalue weighted by atomic mass is 9.75. The van der Waals surface area contributed by atoms with Crippen LogP contribution < -0.4 is 0 Å². The van der Waals surface area contributed by atoms with Gasteiger partial charge < -0.3 is 4.74 Å². The first-order valence-electron chi connectivity index (χ1n) is 14.3. The molecule has 4 rings (SSSR count). The molecule has 43 heavy (non-hydrogen) atoms. The van der Waals surface area contributed by atoms with Gasteiger partial charge in [0.05, 0.1) is 16.7 Å². The Labute approximate surface area is 248 Å². The molecule has 3 atom stereocenters. The van der Waals surface area contributed by atoms with Gasteiger partial charge in [-0.05, 0) is 83.2 Å². The summed E-state index contributed by atoms with van der Waals surface area (Å²) in [6.45, 7) is 6.53. The minimum absolute atomic E-state index is 0.0731. The normalized spacial score (nSPS) is 19.8. The van der Waals surface area contributed by atoms with E-state index in [1.54, 1.807) is 36.4 Å². The number of halogens is 6. The van der Waals surface area contributed by atoms with Crippen LogP contribution in [-0.2, 0) is 17.1 Å². The van der Waals surface area contributed by atoms with Crippen LogP contribution in [0.15, 0.2) is 66.7 Å². The summed E-state index contributed by atoms with van der Waals surface area (Å²) in [5, 5.41) is 0. The topological polar surface area (TPSA) is 26.3 Å². The summed E-state index contributed by atoms with van der Waals surface area (Å²) in [4.78, 5) is 12.8. The van der Waals surface area contributed by atoms with Crippen LogP contribution in [0.5, 0.6) is 0 Å². The molecule has 1 fully saturated rings. The lowest BCUT2D eigenvalue weighted by Gasteiger charge is -2.36. The van der Waals surface area contributed by atoms with Gasteiger partial charge in [0.25, 0.3) is 0 Å². The van der Waals surface area contributed by atoms with E-state index in [-0.39, 0.29) is 23.7 Å². The number of hydrogen-bond donors (Lipinski definition) is 0. The van der Waals surface area contributed by atoms with E-state index in [1.165, 1.54) is 12.2 Å². The zero-order chi connectivity index (χ0) is 31.4. The summed E-state index contributed by atoms with van der Waals surface area (Å²) in [6.07, 6.45) is -0.348. The van der Waals surface area contributed by atoms with Gasteiger partial charge in [0.15, 0.2) is 0 Å². The molecular formula is C35H34F6O2. The smallest absolute Gasteiger partial charge is 0.416 e. The van der Waals surface area contributed by atoms with Crippen LogP contribution in [0, 0.1) is 17.8 Å². The maximum atomic E-state index is 13.1. The van der Waals surface area contributed by atoms with Crippen molar-refractivity contribution < 1.29 is 35.9 Å². The predicted molar refractivity (Wildman–Crippen MR) is 158 cm³/mol. The first kappa shape index (κ1) is 32.1. The molecule has 0 saturated heterocycles. The molecule has 0 spiro atoms. The molecule has 0 aliphatic heterocycles. The van der Waals surface area contributed by atoms with Crippen molar-refractivity contribution in [1.82, 2.24) is 0 Å². The highest BCUT2D eigenvalue weighted by Gasteiger charge is 2.37. The lowest BCUT2D eigenvalue weighted by molar-refractivity contribution is -0.143. The third-order valence-corrected chi connectivity index (χ3v) is 7.85. The van der Waals surface area contributed by atoms with E-state index >= 15 is 0 Å². The molecule has 0 radical (unpaired) electrons. The second kappa shape index (κ2) is 13.2. The Morgan fingerprint density at radius 3 is 1.60 bits per heavy atom. The van der Waals surface area contributed by atoms with Crippen LogP contribution in [0.3, 0.4) is 0 Å². The highest BCUT2D eigenvalue weighted by atomic mass is 19.4. The molecule has 1 saturated carbocycles. The zero-order valence-electron chi connectivity index (χ0n) is 24.2. The van der Waals surface area contributed by atoms with Crippen molar-refractivity contribution in [2.24, 2.45) is 17.8 Å². The van der Waals surface area contributed by atoms with Crippen LogP contribution in [0.4, 0.5) is 26.3 Å². The molecule has 0 aromatic heterocycles. The van der Waals surface area contributed by atoms with E-state index in [2.05, 4.69) is 20.8 Å². The molecule has 0 unspecified atom stereocenters. The average Bonchev–Trinajstić information content (AvgIpc) is 2.94. The molecule has 0 heterocycles. The number of ether oxygens (including phenoxy) is 1. The van der Waals surface area contributed by atoms with Crippen molar-refractivity contribution in [2.75, 3.05) is 0 Å². The number of rotatable bonds is 7. The molecule has 228 valence electrons. The van der Waals surface area contributed by atoms with Crippen molar-refractivity contribution in [3.05, 3.63) is 106 Å². The fourth-order valence-electron chi connectivity index (χ4n) is 5.36. The monoisotopic (exact) mass is 600 g/mol. The van der Waals surface area contributed by atoms with E-state index in [4.69, 9.17) is 4.74 Å². The van der Waals surface area contributed by atoms with Crippen LogP contribution in [0.2, 0.25) is 0 Å². The zero-order valence-corrected chi connectivity index (χ0v) is 24.2. The molecule has 1 aliphatic carbocycles. The Morgan fingerprint density at radius 1 is 0.721 bits per heavy atom. The first-order valence-corrected chi connectivity index (χ1v) is 14.3. The number of esters is 1. The SMILES string of the molecule is CC(C)[C@H]1CC[C@H](C)C[C@@H]1OC(=O)c1ccc(/C=C/c2ccc(/C=C/c3cc(C(F)(F)F)cc(C(F)(F)F)c3)cc2)cc1. The lowest BCUT2D eigenvalue weighted by Crippen LogP contribution is -2.35. The standard InChI is InChI=1S/C35H34F6O2/c1-22(2)31-17-4-23(3)18-32(31)43-33(42)28-15-13-26(14-16-28)10-9-24-5-7-25(8-6-24)11-12-27-19-29(34(36,37)38)21-30(20-27)35(39,40)41/h5-16,19-23,31-32H,4,17-18H2,1-3H3/b10-9+,12-11+/t23-,31+,32-/m0/s1. The largest absolute Gasteiger partial charge is 0.458 e. The van der Waals surface area contributed by atoms with Gasteiger partial charge in [0, 0.05) is 0 Å². The van der Waals surface area contributed by atoms with Crippen molar-refractivity contribution >= 4 is 30.3 Å². The fourth-order valence-corrected chi connectivity index (χ4v) is 5.36. The number of carbonyl (C=O) groups is 1. The van der Waals surface area contributed by atoms with Gasteiger partial charge in [-0.15, -0.1) is 0 Å². The third-order valence-electron chi connectivity index (χ3n) is 7.85. The summed E-state index contributed by atoms with van der Waals surface area (Å²) < 4.78 is 84.6. The Morgan fingerprint density at radius 2 is 1.16 bits per heavy atom. The highest BCUT2D eigenvalue weighted by molar-refractivity contribution is 5.90. The minimum atomic E-state index is -4.90. The van der Waals surface area contributed by atoms with Crippen molar-refractivity contribution in [3.8, 4) is 0 Å². The number of carbonyl (C=O) groups excluding carboxylic acids is 1. The molecule has 3 aromatic rings. The molecular weight excluding hydrogens is 566 g/mol. The van der Waals surface area contributed by atoms with Gasteiger partial charge in [-0.2, -0.15) is 26.3 Å². The fraction of sp³-hybridized carbons (Fsp3) is 0.343. The summed E-state index contributed by atoms with van der Waals surface area (Å²) >= 11 is 0. The molecule has 2 nitrogen and oxygen atoms in total. The first-order chi connectivity index (χ1) is 20.2. The van der Waals surface area contributed by atoms with Gasteiger partial charge in [-0.1, -0.05) is 87.9 Å². The van der Waals surface area contributed by atoms with Crippen LogP contribution in [-0.4, -0.2) is 12.1 Å². The van der Waals surface area contributed by atoms with Crippen LogP contribution in [0.1, 0.15) is 83.8 Å². The van der Waals surface area contributed by atoms with Gasteiger partial charge in [0.2, 0.25) is 0 Å². The summed E-state index contributed by atoms with van der Waals surface area (Å²) in [5.41, 5.74) is -0.0965. The van der Waals surface area contributed by atoms with Crippen molar-refractivity contribution in [3.63, 3.8) is 0 Å². The number of hydrogen-bond acceptors (Lipinski definition) is 2. The second-order valence-electron chi connectivity index (χ2n) is 11.6. The van der Waals surface area contributed by atoms with Crippen LogP contribution >= 0.6 is 0 Å². The molecule has 0 N–H and O–H groups in total.